The van der Waals surface area contributed by atoms with E-state index in [0.29, 0.717) is 15.5 Å². The van der Waals surface area contributed by atoms with Gasteiger partial charge in [0, 0.05) is 18.0 Å². The molecule has 0 fully saturated rings. The van der Waals surface area contributed by atoms with Crippen LogP contribution in [0.1, 0.15) is 21.6 Å². The van der Waals surface area contributed by atoms with Gasteiger partial charge in [0.1, 0.15) is 10.8 Å². The van der Waals surface area contributed by atoms with Crippen molar-refractivity contribution in [2.24, 2.45) is 0 Å². The minimum atomic E-state index is -0.221. The molecule has 1 aromatic heterocycles. The molecule has 0 N–H and O–H groups in total. The summed E-state index contributed by atoms with van der Waals surface area (Å²) in [7, 11) is 0. The summed E-state index contributed by atoms with van der Waals surface area (Å²) in [5, 5.41) is 0.837. The smallest absolute Gasteiger partial charge is 0.171 e. The Morgan fingerprint density at radius 3 is 2.88 bits per heavy atom. The Balaban J connectivity index is 2.02. The van der Waals surface area contributed by atoms with Crippen molar-refractivity contribution in [1.82, 2.24) is 4.98 Å². The minimum absolute atomic E-state index is 0.0182. The van der Waals surface area contributed by atoms with Gasteiger partial charge in [0.25, 0.3) is 0 Å². The van der Waals surface area contributed by atoms with E-state index in [1.54, 1.807) is 24.4 Å². The Morgan fingerprint density at radius 1 is 1.47 bits per heavy atom. The lowest BCUT2D eigenvalue weighted by Gasteiger charge is -1.99. The third-order valence-electron chi connectivity index (χ3n) is 2.09. The molecule has 2 aromatic rings. The first-order chi connectivity index (χ1) is 8.16. The van der Waals surface area contributed by atoms with Crippen molar-refractivity contribution in [3.8, 4) is 0 Å². The Hall–Kier alpha value is -1.20. The van der Waals surface area contributed by atoms with E-state index in [2.05, 4.69) is 4.98 Å². The van der Waals surface area contributed by atoms with Gasteiger partial charge in [-0.1, -0.05) is 12.1 Å². The maximum atomic E-state index is 13.3. The topological polar surface area (TPSA) is 30.0 Å². The highest BCUT2D eigenvalue weighted by molar-refractivity contribution is 7.98. The maximum Gasteiger partial charge on any atom is 0.171 e. The van der Waals surface area contributed by atoms with Crippen molar-refractivity contribution >= 4 is 28.9 Å². The molecule has 17 heavy (non-hydrogen) atoms. The van der Waals surface area contributed by atoms with E-state index in [1.807, 2.05) is 0 Å². The van der Waals surface area contributed by atoms with Gasteiger partial charge in [-0.25, -0.2) is 9.37 Å². The van der Waals surface area contributed by atoms with Crippen LogP contribution in [-0.2, 0) is 5.75 Å². The zero-order chi connectivity index (χ0) is 12.3. The molecular formula is C12H10FNOS2. The second-order valence-corrected chi connectivity index (χ2v) is 5.53. The molecule has 0 aliphatic carbocycles. The summed E-state index contributed by atoms with van der Waals surface area (Å²) in [4.78, 5) is 16.5. The number of halogens is 1. The molecule has 0 radical (unpaired) electrons. The zero-order valence-electron chi connectivity index (χ0n) is 9.14. The van der Waals surface area contributed by atoms with Gasteiger partial charge >= 0.3 is 0 Å². The van der Waals surface area contributed by atoms with Gasteiger partial charge in [-0.2, -0.15) is 0 Å². The van der Waals surface area contributed by atoms with E-state index in [1.165, 1.54) is 36.1 Å². The SMILES string of the molecule is CC(=O)c1cnc(CSc2ccccc2F)s1. The van der Waals surface area contributed by atoms with Crippen molar-refractivity contribution in [3.63, 3.8) is 0 Å². The number of aromatic nitrogens is 1. The molecule has 0 aliphatic heterocycles. The molecule has 0 amide bonds. The van der Waals surface area contributed by atoms with Gasteiger partial charge in [0.15, 0.2) is 5.78 Å². The predicted molar refractivity (Wildman–Crippen MR) is 68.1 cm³/mol. The first kappa shape index (κ1) is 12.3. The van der Waals surface area contributed by atoms with Crippen molar-refractivity contribution < 1.29 is 9.18 Å². The van der Waals surface area contributed by atoms with E-state index in [9.17, 15) is 9.18 Å². The number of thioether (sulfide) groups is 1. The van der Waals surface area contributed by atoms with Crippen LogP contribution in [0.3, 0.4) is 0 Å². The van der Waals surface area contributed by atoms with E-state index in [-0.39, 0.29) is 11.6 Å². The van der Waals surface area contributed by atoms with Crippen molar-refractivity contribution in [2.45, 2.75) is 17.6 Å². The number of ketones is 1. The van der Waals surface area contributed by atoms with Gasteiger partial charge in [-0.05, 0) is 12.1 Å². The van der Waals surface area contributed by atoms with Crippen LogP contribution in [-0.4, -0.2) is 10.8 Å². The molecule has 1 aromatic carbocycles. The molecule has 0 saturated heterocycles. The fourth-order valence-electron chi connectivity index (χ4n) is 1.24. The maximum absolute atomic E-state index is 13.3. The van der Waals surface area contributed by atoms with Crippen LogP contribution in [0.25, 0.3) is 0 Å². The molecule has 0 aliphatic rings. The fraction of sp³-hybridized carbons (Fsp3) is 0.167. The van der Waals surface area contributed by atoms with Crippen LogP contribution < -0.4 is 0 Å². The van der Waals surface area contributed by atoms with Gasteiger partial charge < -0.3 is 0 Å². The quantitative estimate of drug-likeness (QED) is 0.624. The molecule has 2 nitrogen and oxygen atoms in total. The number of carbonyl (C=O) groups excluding carboxylic acids is 1. The average Bonchev–Trinajstić information content (AvgIpc) is 2.77. The summed E-state index contributed by atoms with van der Waals surface area (Å²) in [6.45, 7) is 1.52. The van der Waals surface area contributed by atoms with Gasteiger partial charge in [0.2, 0.25) is 0 Å². The second kappa shape index (κ2) is 5.42. The Kier molecular flexibility index (Phi) is 3.91. The van der Waals surface area contributed by atoms with E-state index < -0.39 is 0 Å². The number of carbonyl (C=O) groups is 1. The Morgan fingerprint density at radius 2 is 2.24 bits per heavy atom. The molecule has 0 bridgehead atoms. The summed E-state index contributed by atoms with van der Waals surface area (Å²) in [5.41, 5.74) is 0. The van der Waals surface area contributed by atoms with Crippen LogP contribution in [0, 0.1) is 5.82 Å². The van der Waals surface area contributed by atoms with E-state index in [0.717, 1.165) is 5.01 Å². The molecule has 5 heteroatoms. The predicted octanol–water partition coefficient (Wildman–Crippen LogP) is 3.78. The molecule has 0 spiro atoms. The van der Waals surface area contributed by atoms with Gasteiger partial charge in [-0.3, -0.25) is 4.79 Å². The molecule has 0 unspecified atom stereocenters. The summed E-state index contributed by atoms with van der Waals surface area (Å²) in [5.74, 6) is 0.379. The van der Waals surface area contributed by atoms with Crippen LogP contribution >= 0.6 is 23.1 Å². The highest BCUT2D eigenvalue weighted by Gasteiger charge is 2.07. The molecular weight excluding hydrogens is 257 g/mol. The molecule has 0 saturated carbocycles. The lowest BCUT2D eigenvalue weighted by atomic mass is 10.3. The zero-order valence-corrected chi connectivity index (χ0v) is 10.8. The number of thiazole rings is 1. The lowest BCUT2D eigenvalue weighted by molar-refractivity contribution is 0.102. The van der Waals surface area contributed by atoms with Crippen molar-refractivity contribution in [3.05, 3.63) is 46.2 Å². The molecule has 88 valence electrons. The standard InChI is InChI=1S/C12H10FNOS2/c1-8(15)11-6-14-12(17-11)7-16-10-5-3-2-4-9(10)13/h2-6H,7H2,1H3. The van der Waals surface area contributed by atoms with Crippen LogP contribution in [0.15, 0.2) is 35.4 Å². The normalized spacial score (nSPS) is 10.5. The number of benzene rings is 1. The number of hydrogen-bond acceptors (Lipinski definition) is 4. The fourth-order valence-corrected chi connectivity index (χ4v) is 3.00. The van der Waals surface area contributed by atoms with Gasteiger partial charge in [0.05, 0.1) is 10.6 Å². The Labute approximate surface area is 107 Å². The van der Waals surface area contributed by atoms with Crippen molar-refractivity contribution in [1.29, 1.82) is 0 Å². The summed E-state index contributed by atoms with van der Waals surface area (Å²) < 4.78 is 13.3. The largest absolute Gasteiger partial charge is 0.294 e. The molecule has 0 atom stereocenters. The molecule has 1 heterocycles. The van der Waals surface area contributed by atoms with Crippen LogP contribution in [0.5, 0.6) is 0 Å². The van der Waals surface area contributed by atoms with E-state index >= 15 is 0 Å². The number of Topliss-reactive ketones (excluding diaryl/α,β-unsaturated/α-hetero) is 1. The van der Waals surface area contributed by atoms with Gasteiger partial charge in [-0.15, -0.1) is 23.1 Å². The monoisotopic (exact) mass is 267 g/mol. The summed E-state index contributed by atoms with van der Waals surface area (Å²) in [6, 6.07) is 6.63. The number of hydrogen-bond donors (Lipinski definition) is 0. The third-order valence-corrected chi connectivity index (χ3v) is 4.43. The minimum Gasteiger partial charge on any atom is -0.294 e. The second-order valence-electron chi connectivity index (χ2n) is 3.39. The lowest BCUT2D eigenvalue weighted by Crippen LogP contribution is -1.83. The molecule has 2 rings (SSSR count). The number of nitrogens with zero attached hydrogens (tertiary/aromatic N) is 1. The Bertz CT molecular complexity index is 539. The summed E-state index contributed by atoms with van der Waals surface area (Å²) >= 11 is 2.75. The highest BCUT2D eigenvalue weighted by Crippen LogP contribution is 2.27. The van der Waals surface area contributed by atoms with E-state index in [4.69, 9.17) is 0 Å². The summed E-state index contributed by atoms with van der Waals surface area (Å²) in [6.07, 6.45) is 1.57. The van der Waals surface area contributed by atoms with Crippen LogP contribution in [0.4, 0.5) is 4.39 Å². The highest BCUT2D eigenvalue weighted by atomic mass is 32.2. The van der Waals surface area contributed by atoms with Crippen LogP contribution in [0.2, 0.25) is 0 Å². The first-order valence-electron chi connectivity index (χ1n) is 5.00. The third kappa shape index (κ3) is 3.14. The average molecular weight is 267 g/mol. The number of rotatable bonds is 4. The van der Waals surface area contributed by atoms with Crippen molar-refractivity contribution in [2.75, 3.05) is 0 Å². The first-order valence-corrected chi connectivity index (χ1v) is 6.80.